The number of hydrogen-bond donors (Lipinski definition) is 1. The molecule has 8 heteroatoms. The molecule has 1 N–H and O–H groups in total. The van der Waals surface area contributed by atoms with Crippen molar-refractivity contribution in [3.05, 3.63) is 12.4 Å². The molecule has 0 aromatic carbocycles. The fourth-order valence-electron chi connectivity index (χ4n) is 3.45. The molecule has 0 unspecified atom stereocenters. The summed E-state index contributed by atoms with van der Waals surface area (Å²) in [6, 6.07) is 0.244. The summed E-state index contributed by atoms with van der Waals surface area (Å²) in [6.07, 6.45) is 6.79. The maximum absolute atomic E-state index is 12.8. The zero-order valence-corrected chi connectivity index (χ0v) is 15.2. The maximum atomic E-state index is 12.8. The monoisotopic (exact) mass is 356 g/mol. The number of hydrogen-bond acceptors (Lipinski definition) is 5. The highest BCUT2D eigenvalue weighted by molar-refractivity contribution is 7.89. The lowest BCUT2D eigenvalue weighted by Crippen LogP contribution is -2.40. The fourth-order valence-corrected chi connectivity index (χ4v) is 4.87. The van der Waals surface area contributed by atoms with Crippen LogP contribution >= 0.6 is 0 Å². The molecule has 0 amide bonds. The van der Waals surface area contributed by atoms with Crippen molar-refractivity contribution in [2.45, 2.75) is 43.5 Å². The zero-order chi connectivity index (χ0) is 17.0. The van der Waals surface area contributed by atoms with Crippen molar-refractivity contribution in [2.24, 2.45) is 5.92 Å². The van der Waals surface area contributed by atoms with Crippen LogP contribution in [0.15, 0.2) is 17.3 Å². The molecule has 2 saturated heterocycles. The second-order valence-electron chi connectivity index (χ2n) is 6.65. The van der Waals surface area contributed by atoms with Crippen molar-refractivity contribution < 1.29 is 13.2 Å². The van der Waals surface area contributed by atoms with Crippen LogP contribution < -0.4 is 5.32 Å². The van der Waals surface area contributed by atoms with Crippen LogP contribution in [0.1, 0.15) is 38.6 Å². The van der Waals surface area contributed by atoms with E-state index < -0.39 is 10.0 Å². The highest BCUT2D eigenvalue weighted by atomic mass is 32.2. The lowest BCUT2D eigenvalue weighted by atomic mass is 9.98. The van der Waals surface area contributed by atoms with E-state index >= 15 is 0 Å². The number of rotatable bonds is 6. The fraction of sp³-hybridized carbons (Fsp3) is 0.812. The molecule has 136 valence electrons. The van der Waals surface area contributed by atoms with E-state index in [-0.39, 0.29) is 6.04 Å². The van der Waals surface area contributed by atoms with E-state index in [0.29, 0.717) is 37.1 Å². The van der Waals surface area contributed by atoms with Gasteiger partial charge in [-0.15, -0.1) is 0 Å². The Balaban J connectivity index is 1.62. The number of nitrogens with one attached hydrogen (secondary N) is 1. The third kappa shape index (κ3) is 3.99. The van der Waals surface area contributed by atoms with E-state index in [9.17, 15) is 8.42 Å². The van der Waals surface area contributed by atoms with E-state index in [2.05, 4.69) is 17.3 Å². The molecule has 1 aromatic rings. The third-order valence-corrected chi connectivity index (χ3v) is 6.89. The molecule has 2 aliphatic rings. The van der Waals surface area contributed by atoms with Gasteiger partial charge in [0, 0.05) is 32.5 Å². The van der Waals surface area contributed by atoms with Crippen LogP contribution in [0.5, 0.6) is 0 Å². The third-order valence-electron chi connectivity index (χ3n) is 5.04. The lowest BCUT2D eigenvalue weighted by molar-refractivity contribution is 0.0662. The average molecular weight is 356 g/mol. The van der Waals surface area contributed by atoms with Crippen LogP contribution in [0.2, 0.25) is 0 Å². The van der Waals surface area contributed by atoms with Crippen molar-refractivity contribution in [1.82, 2.24) is 19.4 Å². The van der Waals surface area contributed by atoms with Gasteiger partial charge in [0.25, 0.3) is 0 Å². The first-order valence-electron chi connectivity index (χ1n) is 8.94. The van der Waals surface area contributed by atoms with Gasteiger partial charge in [-0.2, -0.15) is 9.40 Å². The lowest BCUT2D eigenvalue weighted by Gasteiger charge is -2.31. The molecule has 0 spiro atoms. The quantitative estimate of drug-likeness (QED) is 0.830. The minimum Gasteiger partial charge on any atom is -0.381 e. The summed E-state index contributed by atoms with van der Waals surface area (Å²) in [5.74, 6) is 0.571. The Morgan fingerprint density at radius 3 is 2.62 bits per heavy atom. The van der Waals surface area contributed by atoms with Crippen LogP contribution in [0.3, 0.4) is 0 Å². The summed E-state index contributed by atoms with van der Waals surface area (Å²) in [6.45, 7) is 6.66. The Morgan fingerprint density at radius 1 is 1.25 bits per heavy atom. The highest BCUT2D eigenvalue weighted by Crippen LogP contribution is 2.25. The molecule has 3 rings (SSSR count). The van der Waals surface area contributed by atoms with Crippen molar-refractivity contribution in [1.29, 1.82) is 0 Å². The first kappa shape index (κ1) is 17.8. The largest absolute Gasteiger partial charge is 0.381 e. The molecular weight excluding hydrogens is 328 g/mol. The maximum Gasteiger partial charge on any atom is 0.246 e. The minimum absolute atomic E-state index is 0.244. The average Bonchev–Trinajstić information content (AvgIpc) is 3.12. The van der Waals surface area contributed by atoms with Crippen molar-refractivity contribution in [3.63, 3.8) is 0 Å². The first-order chi connectivity index (χ1) is 11.6. The van der Waals surface area contributed by atoms with Crippen LogP contribution in [0.4, 0.5) is 0 Å². The minimum atomic E-state index is -3.43. The summed E-state index contributed by atoms with van der Waals surface area (Å²) in [7, 11) is -3.43. The standard InChI is InChI=1S/C16H28N4O3S/c1-2-17-11-14-3-7-19(8-4-14)24(21,22)16-12-18-20(13-16)15-5-9-23-10-6-15/h12-15,17H,2-11H2,1H3. The normalized spacial score (nSPS) is 22.0. The Bertz CT molecular complexity index is 617. The molecule has 24 heavy (non-hydrogen) atoms. The summed E-state index contributed by atoms with van der Waals surface area (Å²) in [5.41, 5.74) is 0. The van der Waals surface area contributed by atoms with E-state index in [0.717, 1.165) is 38.8 Å². The smallest absolute Gasteiger partial charge is 0.246 e. The van der Waals surface area contributed by atoms with E-state index in [1.807, 2.05) is 0 Å². The molecular formula is C16H28N4O3S. The number of nitrogens with zero attached hydrogens (tertiary/aromatic N) is 3. The highest BCUT2D eigenvalue weighted by Gasteiger charge is 2.30. The Kier molecular flexibility index (Phi) is 5.91. The molecule has 0 saturated carbocycles. The Hall–Kier alpha value is -0.960. The second-order valence-corrected chi connectivity index (χ2v) is 8.59. The molecule has 0 radical (unpaired) electrons. The van der Waals surface area contributed by atoms with Gasteiger partial charge in [0.1, 0.15) is 4.90 Å². The molecule has 7 nitrogen and oxygen atoms in total. The van der Waals surface area contributed by atoms with Crippen LogP contribution in [-0.4, -0.2) is 61.9 Å². The Morgan fingerprint density at radius 2 is 1.96 bits per heavy atom. The summed E-state index contributed by atoms with van der Waals surface area (Å²) in [4.78, 5) is 0.319. The SMILES string of the molecule is CCNCC1CCN(S(=O)(=O)c2cnn(C3CCOCC3)c2)CC1. The van der Waals surface area contributed by atoms with Crippen molar-refractivity contribution in [3.8, 4) is 0 Å². The van der Waals surface area contributed by atoms with Gasteiger partial charge in [-0.25, -0.2) is 8.42 Å². The second kappa shape index (κ2) is 7.95. The molecule has 0 aliphatic carbocycles. The van der Waals surface area contributed by atoms with Crippen molar-refractivity contribution >= 4 is 10.0 Å². The number of ether oxygens (including phenoxy) is 1. The molecule has 1 aromatic heterocycles. The molecule has 0 atom stereocenters. The van der Waals surface area contributed by atoms with Gasteiger partial charge in [0.2, 0.25) is 10.0 Å². The van der Waals surface area contributed by atoms with Crippen LogP contribution in [0, 0.1) is 5.92 Å². The van der Waals surface area contributed by atoms with Gasteiger partial charge in [-0.3, -0.25) is 4.68 Å². The first-order valence-corrected chi connectivity index (χ1v) is 10.4. The molecule has 2 aliphatic heterocycles. The van der Waals surface area contributed by atoms with Gasteiger partial charge in [-0.1, -0.05) is 6.92 Å². The van der Waals surface area contributed by atoms with Gasteiger partial charge < -0.3 is 10.1 Å². The van der Waals surface area contributed by atoms with Crippen LogP contribution in [0.25, 0.3) is 0 Å². The molecule has 0 bridgehead atoms. The summed E-state index contributed by atoms with van der Waals surface area (Å²) >= 11 is 0. The van der Waals surface area contributed by atoms with Crippen molar-refractivity contribution in [2.75, 3.05) is 39.4 Å². The van der Waals surface area contributed by atoms with Gasteiger partial charge in [0.05, 0.1) is 12.2 Å². The van der Waals surface area contributed by atoms with Gasteiger partial charge in [0.15, 0.2) is 0 Å². The van der Waals surface area contributed by atoms with Gasteiger partial charge in [-0.05, 0) is 44.7 Å². The molecule has 3 heterocycles. The van der Waals surface area contributed by atoms with E-state index in [1.165, 1.54) is 6.20 Å². The Labute approximate surface area is 144 Å². The predicted octanol–water partition coefficient (Wildman–Crippen LogP) is 1.24. The summed E-state index contributed by atoms with van der Waals surface area (Å²) in [5, 5.41) is 7.65. The summed E-state index contributed by atoms with van der Waals surface area (Å²) < 4.78 is 34.4. The number of piperidine rings is 1. The predicted molar refractivity (Wildman–Crippen MR) is 91.3 cm³/mol. The topological polar surface area (TPSA) is 76.5 Å². The number of aromatic nitrogens is 2. The van der Waals surface area contributed by atoms with E-state index in [4.69, 9.17) is 4.74 Å². The van der Waals surface area contributed by atoms with E-state index in [1.54, 1.807) is 15.2 Å². The molecule has 2 fully saturated rings. The zero-order valence-electron chi connectivity index (χ0n) is 14.4. The number of sulfonamides is 1. The van der Waals surface area contributed by atoms with Gasteiger partial charge >= 0.3 is 0 Å². The van der Waals surface area contributed by atoms with Crippen LogP contribution in [-0.2, 0) is 14.8 Å².